The summed E-state index contributed by atoms with van der Waals surface area (Å²) in [4.78, 5) is 90.5. The van der Waals surface area contributed by atoms with E-state index in [-0.39, 0.29) is 58.2 Å². The predicted octanol–water partition coefficient (Wildman–Crippen LogP) is 19.5. The SMILES string of the molecule is C=CC(=O)Cl.CC(C)(C)OC(=O)NC1CCC(N)CC1.CC(C)n1cnc2c(Cl)nc(Cl)nc21.CC(C)n1cnc2c(Nc3cccc(N)c3)nc(CC3CCC(N(C)C)CC3)nc21.CC(C)n1cnc2c(Nc3cccc(N)c3)nc(Cl)nc21.CN(C)C1CCC(N)CC1.CN(C)C1CCC(NC(=O)OC(C)(C)C)CC1.Clc1nc(Cl)c2c(n1)CC=N2.NC1CCC(N)CC1.Nc1cccc(N)c1. The summed E-state index contributed by atoms with van der Waals surface area (Å²) in [5.41, 5.74) is 54.8. The van der Waals surface area contributed by atoms with Crippen LogP contribution in [0.25, 0.3) is 33.5 Å². The average Bonchev–Trinajstić information content (AvgIpc) is 1.65. The fraction of sp³-hybridized carbons (Fsp3) is 0.561. The van der Waals surface area contributed by atoms with Crippen LogP contribution in [0.1, 0.15) is 241 Å². The van der Waals surface area contributed by atoms with Crippen LogP contribution in [0.5, 0.6) is 0 Å². The molecule has 0 saturated heterocycles. The Kier molecular flexibility index (Phi) is 47.5. The Morgan fingerprint density at radius 3 is 1.17 bits per heavy atom. The standard InChI is InChI=1S/C23H33N7.C14H15ClN6.C13H26N2O2.C11H22N2O2.C8H8Cl2N4.C8H18N2.C6H3Cl2N3.C6H14N2.C6H8N2.C3H3ClO/c1-15(2)30-14-25-21-22(26-18-7-5-6-17(24)13-18)27-20(28-23(21)30)12-16-8-10-19(11-9-16)29(3)4;1-8(2)21-7-17-11-12(19-14(15)20-13(11)21)18-10-5-3-4-9(16)6-10;1-13(2,3)17-12(16)14-10-6-8-11(9-7-10)15(4)5;1-11(2,3)15-10(14)13-9-6-4-8(12)5-7-9;1-4(2)14-3-11-5-6(9)12-8(10)13-7(5)14;1-10(2)8-5-3-7(9)4-6-8;7-5-4-3(1-2-9-4)10-6(8)11-5;7-5-1-2-6(8)4-3-5;7-5-2-1-3-6(8)4-5;1-2-3(4)5/h5-7,13-16,19H,8-12,24H2,1-4H3,(H,26,27,28);3-8H,16H2,1-2H3,(H,18,19,20);10-11H,6-9H2,1-5H3,(H,14,16);8-9H,4-7,12H2,1-3H3,(H,13,14);3-4H,1-2H3;7-8H,3-6,9H2,1-2H3;2H,1H2;5-6H,1-4,7-8H2;1-4H,7-8H2;2H,1H2. The molecule has 5 fully saturated rings. The number of benzene rings is 3. The van der Waals surface area contributed by atoms with Gasteiger partial charge in [0, 0.05) is 126 Å². The minimum absolute atomic E-state index is 0.143. The number of alkyl carbamates (subject to hydrolysis) is 2. The van der Waals surface area contributed by atoms with Gasteiger partial charge < -0.3 is 105 Å². The van der Waals surface area contributed by atoms with Crippen LogP contribution in [0.2, 0.25) is 26.2 Å². The molecule has 1 aliphatic heterocycles. The quantitative estimate of drug-likeness (QED) is 0.0149. The zero-order valence-electron chi connectivity index (χ0n) is 84.1. The number of allylic oxidation sites excluding steroid dienone is 1. The first-order valence-corrected chi connectivity index (χ1v) is 49.9. The highest BCUT2D eigenvalue weighted by Gasteiger charge is 2.30. The van der Waals surface area contributed by atoms with Crippen LogP contribution in [0.4, 0.5) is 61.0 Å². The summed E-state index contributed by atoms with van der Waals surface area (Å²) in [6, 6.07) is 27.4. The van der Waals surface area contributed by atoms with Crippen molar-refractivity contribution in [2.75, 3.05) is 75.9 Å². The molecule has 35 nitrogen and oxygen atoms in total. The van der Waals surface area contributed by atoms with Gasteiger partial charge in [-0.2, -0.15) is 15.0 Å². The highest BCUT2D eigenvalue weighted by molar-refractivity contribution is 6.66. The molecule has 8 heterocycles. The number of imidazole rings is 3. The lowest BCUT2D eigenvalue weighted by Gasteiger charge is -2.33. The molecule has 20 N–H and O–H groups in total. The smallest absolute Gasteiger partial charge is 0.407 e. The van der Waals surface area contributed by atoms with E-state index >= 15 is 0 Å². The number of rotatable bonds is 15. The Balaban J connectivity index is 0.000000218. The summed E-state index contributed by atoms with van der Waals surface area (Å²) in [5, 5.41) is 13.1. The molecule has 0 atom stereocenters. The molecule has 0 spiro atoms. The number of carbonyl (C=O) groups excluding carboxylic acids is 3. The van der Waals surface area contributed by atoms with E-state index in [1.807, 2.05) is 125 Å². The van der Waals surface area contributed by atoms with Crippen molar-refractivity contribution in [2.24, 2.45) is 33.8 Å². The molecule has 0 bridgehead atoms. The highest BCUT2D eigenvalue weighted by atomic mass is 35.5. The number of anilines is 8. The number of hydrogen-bond donors (Lipinski definition) is 12. The van der Waals surface area contributed by atoms with Crippen LogP contribution in [0, 0.1) is 5.92 Å². The molecule has 2 amide bonds. The Bertz CT molecular complexity index is 5460. The van der Waals surface area contributed by atoms with E-state index < -0.39 is 16.4 Å². The van der Waals surface area contributed by atoms with Gasteiger partial charge in [-0.05, 0) is 367 Å². The van der Waals surface area contributed by atoms with E-state index in [1.54, 1.807) is 37.1 Å². The van der Waals surface area contributed by atoms with Crippen molar-refractivity contribution < 1.29 is 23.9 Å². The lowest BCUT2D eigenvalue weighted by molar-refractivity contribution is -0.107. The minimum Gasteiger partial charge on any atom is -0.444 e. The Labute approximate surface area is 850 Å². The van der Waals surface area contributed by atoms with Crippen molar-refractivity contribution in [3.63, 3.8) is 0 Å². The van der Waals surface area contributed by atoms with E-state index in [0.29, 0.717) is 110 Å². The van der Waals surface area contributed by atoms with E-state index in [9.17, 15) is 14.4 Å². The third-order valence-electron chi connectivity index (χ3n) is 23.6. The highest BCUT2D eigenvalue weighted by Crippen LogP contribution is 2.35. The molecular weight excluding hydrogens is 1890 g/mol. The molecule has 41 heteroatoms. The van der Waals surface area contributed by atoms with E-state index in [4.69, 9.17) is 135 Å². The molecule has 10 aromatic rings. The van der Waals surface area contributed by atoms with Crippen molar-refractivity contribution in [1.29, 1.82) is 0 Å². The van der Waals surface area contributed by atoms with E-state index in [1.165, 1.54) is 51.4 Å². The number of nitrogens with two attached hydrogens (primary N) is 8. The Morgan fingerprint density at radius 2 is 0.784 bits per heavy atom. The summed E-state index contributed by atoms with van der Waals surface area (Å²) < 4.78 is 16.4. The number of aliphatic imine (C=N–C) groups is 1. The molecule has 5 saturated carbocycles. The summed E-state index contributed by atoms with van der Waals surface area (Å²) in [6.45, 7) is 26.8. The molecule has 16 rings (SSSR count). The van der Waals surface area contributed by atoms with Gasteiger partial charge in [0.25, 0.3) is 0 Å². The molecule has 139 heavy (non-hydrogen) atoms. The number of carbonyl (C=O) groups is 3. The van der Waals surface area contributed by atoms with Crippen LogP contribution in [-0.4, -0.2) is 215 Å². The van der Waals surface area contributed by atoms with Crippen LogP contribution in [0.3, 0.4) is 0 Å². The summed E-state index contributed by atoms with van der Waals surface area (Å²) in [6.07, 6.45) is 31.8. The molecule has 0 radical (unpaired) electrons. The van der Waals surface area contributed by atoms with Gasteiger partial charge >= 0.3 is 12.2 Å². The normalized spacial score (nSPS) is 19.8. The van der Waals surface area contributed by atoms with Gasteiger partial charge in [0.2, 0.25) is 21.1 Å². The van der Waals surface area contributed by atoms with Gasteiger partial charge in [-0.25, -0.2) is 49.5 Å². The number of nitrogen functional groups attached to an aromatic ring is 4. The topological polar surface area (TPSA) is 505 Å². The molecule has 3 aromatic carbocycles. The average molecular weight is 2040 g/mol. The number of nitrogens with one attached hydrogen (secondary N) is 4. The van der Waals surface area contributed by atoms with Crippen LogP contribution < -0.4 is 67.1 Å². The van der Waals surface area contributed by atoms with Crippen molar-refractivity contribution in [3.8, 4) is 0 Å². The summed E-state index contributed by atoms with van der Waals surface area (Å²) >= 11 is 33.6. The minimum atomic E-state index is -0.509. The van der Waals surface area contributed by atoms with Crippen LogP contribution in [-0.2, 0) is 27.1 Å². The molecule has 764 valence electrons. The van der Waals surface area contributed by atoms with Gasteiger partial charge in [-0.1, -0.05) is 48.0 Å². The molecule has 7 aromatic heterocycles. The fourth-order valence-electron chi connectivity index (χ4n) is 15.9. The molecule has 6 aliphatic rings. The molecular formula is C98H150Cl6N30O5. The molecule has 0 unspecified atom stereocenters. The second kappa shape index (κ2) is 56.8. The number of aromatic nitrogens is 14. The summed E-state index contributed by atoms with van der Waals surface area (Å²) in [5.74, 6) is 2.84. The maximum Gasteiger partial charge on any atom is 0.407 e. The first kappa shape index (κ1) is 116. The largest absolute Gasteiger partial charge is 0.444 e. The van der Waals surface area contributed by atoms with Crippen LogP contribution >= 0.6 is 69.6 Å². The number of ether oxygens (including phenoxy) is 2. The number of hydrogen-bond acceptors (Lipinski definition) is 30. The zero-order chi connectivity index (χ0) is 103. The Morgan fingerprint density at radius 1 is 0.453 bits per heavy atom. The predicted molar refractivity (Wildman–Crippen MR) is 571 cm³/mol. The first-order valence-electron chi connectivity index (χ1n) is 47.6. The number of amides is 2. The Hall–Kier alpha value is -9.73. The maximum absolute atomic E-state index is 11.6. The zero-order valence-corrected chi connectivity index (χ0v) is 88.6. The second-order valence-electron chi connectivity index (χ2n) is 39.1. The lowest BCUT2D eigenvalue weighted by atomic mass is 9.83. The third kappa shape index (κ3) is 41.0. The van der Waals surface area contributed by atoms with Crippen LogP contribution in [0.15, 0.2) is 109 Å². The van der Waals surface area contributed by atoms with Gasteiger partial charge in [0.05, 0.1) is 24.7 Å². The third-order valence-corrected chi connectivity index (χ3v) is 24.8. The van der Waals surface area contributed by atoms with Gasteiger partial charge in [-0.15, -0.1) is 0 Å². The van der Waals surface area contributed by atoms with Gasteiger partial charge in [0.15, 0.2) is 49.9 Å². The van der Waals surface area contributed by atoms with Crippen molar-refractivity contribution in [3.05, 3.63) is 142 Å². The lowest BCUT2D eigenvalue weighted by Crippen LogP contribution is -2.43. The van der Waals surface area contributed by atoms with Crippen molar-refractivity contribution in [2.45, 2.75) is 308 Å². The summed E-state index contributed by atoms with van der Waals surface area (Å²) in [7, 11) is 12.9. The monoisotopic (exact) mass is 2040 g/mol. The second-order valence-corrected chi connectivity index (χ2v) is 41.2. The van der Waals surface area contributed by atoms with E-state index in [2.05, 4.69) is 167 Å². The number of nitrogens with zero attached hydrogens (tertiary/aromatic N) is 18. The fourth-order valence-corrected chi connectivity index (χ4v) is 17.0. The number of halogens is 6. The first-order chi connectivity index (χ1) is 65.5. The van der Waals surface area contributed by atoms with Gasteiger partial charge in [0.1, 0.15) is 28.2 Å². The molecule has 5 aliphatic carbocycles. The van der Waals surface area contributed by atoms with Crippen molar-refractivity contribution >= 4 is 178 Å². The van der Waals surface area contributed by atoms with E-state index in [0.717, 1.165) is 141 Å². The van der Waals surface area contributed by atoms with Gasteiger partial charge in [-0.3, -0.25) is 9.79 Å². The number of fused-ring (bicyclic) bond motifs is 4. The maximum atomic E-state index is 11.6. The van der Waals surface area contributed by atoms with Crippen molar-refractivity contribution in [1.82, 2.24) is 93.9 Å².